The van der Waals surface area contributed by atoms with Gasteiger partial charge in [-0.15, -0.1) is 0 Å². The molecule has 4 nitrogen and oxygen atoms in total. The second kappa shape index (κ2) is 3.70. The minimum atomic E-state index is -0.0340. The van der Waals surface area contributed by atoms with Crippen molar-refractivity contribution < 1.29 is 19.7 Å². The van der Waals surface area contributed by atoms with E-state index in [2.05, 4.69) is 0 Å². The fourth-order valence-corrected chi connectivity index (χ4v) is 1.91. The molecule has 0 aliphatic carbocycles. The lowest BCUT2D eigenvalue weighted by Gasteiger charge is -1.99. The topological polar surface area (TPSA) is 73.8 Å². The van der Waals surface area contributed by atoms with E-state index in [1.54, 1.807) is 18.2 Å². The Morgan fingerprint density at radius 2 is 1.44 bits per heavy atom. The first-order valence-corrected chi connectivity index (χ1v) is 5.38. The molecule has 2 aromatic carbocycles. The molecule has 4 heteroatoms. The standard InChI is InChI=1S/C14H10O4/c15-10-1-2-13-9(3-10)6-14(18-13)8-4-11(16)7-12(17)5-8/h1-7,15-17H. The number of furan rings is 1. The van der Waals surface area contributed by atoms with Crippen LogP contribution in [-0.2, 0) is 0 Å². The number of hydrogen-bond acceptors (Lipinski definition) is 4. The van der Waals surface area contributed by atoms with Gasteiger partial charge in [0.15, 0.2) is 0 Å². The fourth-order valence-electron chi connectivity index (χ4n) is 1.91. The molecule has 0 radical (unpaired) electrons. The molecule has 3 rings (SSSR count). The van der Waals surface area contributed by atoms with Gasteiger partial charge in [-0.1, -0.05) is 0 Å². The van der Waals surface area contributed by atoms with Gasteiger partial charge in [0.1, 0.15) is 28.6 Å². The van der Waals surface area contributed by atoms with Crippen LogP contribution >= 0.6 is 0 Å². The molecule has 0 fully saturated rings. The molecule has 1 aromatic heterocycles. The molecule has 0 aliphatic heterocycles. The number of phenolic OH excluding ortho intramolecular Hbond substituents is 3. The van der Waals surface area contributed by atoms with Crippen molar-refractivity contribution in [2.75, 3.05) is 0 Å². The minimum Gasteiger partial charge on any atom is -0.508 e. The maximum absolute atomic E-state index is 9.43. The summed E-state index contributed by atoms with van der Waals surface area (Å²) in [6.07, 6.45) is 0. The molecule has 1 heterocycles. The largest absolute Gasteiger partial charge is 0.508 e. The molecule has 0 saturated carbocycles. The molecule has 3 aromatic rings. The summed E-state index contributed by atoms with van der Waals surface area (Å²) < 4.78 is 5.59. The van der Waals surface area contributed by atoms with Crippen LogP contribution in [0.2, 0.25) is 0 Å². The molecule has 3 N–H and O–H groups in total. The van der Waals surface area contributed by atoms with Crippen LogP contribution in [0.1, 0.15) is 0 Å². The lowest BCUT2D eigenvalue weighted by atomic mass is 10.1. The van der Waals surface area contributed by atoms with Crippen molar-refractivity contribution >= 4 is 11.0 Å². The molecule has 0 amide bonds. The fraction of sp³-hybridized carbons (Fsp3) is 0. The Hall–Kier alpha value is -2.62. The molecule has 0 saturated heterocycles. The monoisotopic (exact) mass is 242 g/mol. The Morgan fingerprint density at radius 3 is 2.17 bits per heavy atom. The average molecular weight is 242 g/mol. The van der Waals surface area contributed by atoms with Gasteiger partial charge in [-0.3, -0.25) is 0 Å². The Labute approximate surface area is 102 Å². The Morgan fingerprint density at radius 1 is 0.722 bits per heavy atom. The van der Waals surface area contributed by atoms with Gasteiger partial charge >= 0.3 is 0 Å². The SMILES string of the molecule is Oc1cc(O)cc(-c2cc3cc(O)ccc3o2)c1. The van der Waals surface area contributed by atoms with Crippen LogP contribution in [0.15, 0.2) is 46.9 Å². The summed E-state index contributed by atoms with van der Waals surface area (Å²) in [5.74, 6) is 0.608. The highest BCUT2D eigenvalue weighted by atomic mass is 16.3. The van der Waals surface area contributed by atoms with Crippen molar-refractivity contribution in [1.82, 2.24) is 0 Å². The number of rotatable bonds is 1. The van der Waals surface area contributed by atoms with Crippen molar-refractivity contribution in [2.45, 2.75) is 0 Å². The van der Waals surface area contributed by atoms with Crippen molar-refractivity contribution in [3.63, 3.8) is 0 Å². The van der Waals surface area contributed by atoms with Gasteiger partial charge in [0.25, 0.3) is 0 Å². The van der Waals surface area contributed by atoms with Crippen molar-refractivity contribution in [2.24, 2.45) is 0 Å². The number of fused-ring (bicyclic) bond motifs is 1. The second-order valence-electron chi connectivity index (χ2n) is 4.07. The van der Waals surface area contributed by atoms with E-state index in [0.29, 0.717) is 16.9 Å². The summed E-state index contributed by atoms with van der Waals surface area (Å²) in [5, 5.41) is 29.0. The first kappa shape index (κ1) is 10.5. The summed E-state index contributed by atoms with van der Waals surface area (Å²) in [4.78, 5) is 0. The Bertz CT molecular complexity index is 707. The van der Waals surface area contributed by atoms with Crippen LogP contribution in [0.25, 0.3) is 22.3 Å². The maximum Gasteiger partial charge on any atom is 0.135 e. The summed E-state index contributed by atoms with van der Waals surface area (Å²) in [6, 6.07) is 10.8. The van der Waals surface area contributed by atoms with E-state index in [4.69, 9.17) is 4.42 Å². The van der Waals surface area contributed by atoms with Crippen LogP contribution < -0.4 is 0 Å². The highest BCUT2D eigenvalue weighted by Gasteiger charge is 2.08. The van der Waals surface area contributed by atoms with E-state index in [9.17, 15) is 15.3 Å². The molecule has 18 heavy (non-hydrogen) atoms. The van der Waals surface area contributed by atoms with Gasteiger partial charge in [0.2, 0.25) is 0 Å². The number of hydrogen-bond donors (Lipinski definition) is 3. The molecule has 0 aliphatic rings. The smallest absolute Gasteiger partial charge is 0.135 e. The van der Waals surface area contributed by atoms with E-state index >= 15 is 0 Å². The first-order valence-electron chi connectivity index (χ1n) is 5.38. The molecule has 0 atom stereocenters. The minimum absolute atomic E-state index is 0.0340. The molecular formula is C14H10O4. The highest BCUT2D eigenvalue weighted by Crippen LogP contribution is 2.33. The molecule has 0 unspecified atom stereocenters. The summed E-state index contributed by atoms with van der Waals surface area (Å²) in [7, 11) is 0. The predicted octanol–water partition coefficient (Wildman–Crippen LogP) is 3.22. The zero-order valence-corrected chi connectivity index (χ0v) is 9.29. The van der Waals surface area contributed by atoms with Crippen LogP contribution in [0.3, 0.4) is 0 Å². The molecular weight excluding hydrogens is 232 g/mol. The zero-order chi connectivity index (χ0) is 12.7. The normalized spacial score (nSPS) is 10.9. The van der Waals surface area contributed by atoms with E-state index < -0.39 is 0 Å². The van der Waals surface area contributed by atoms with Crippen molar-refractivity contribution in [3.8, 4) is 28.6 Å². The maximum atomic E-state index is 9.43. The van der Waals surface area contributed by atoms with Gasteiger partial charge < -0.3 is 19.7 Å². The second-order valence-corrected chi connectivity index (χ2v) is 4.07. The van der Waals surface area contributed by atoms with Crippen molar-refractivity contribution in [1.29, 1.82) is 0 Å². The number of phenols is 3. The quantitative estimate of drug-likeness (QED) is 0.612. The number of benzene rings is 2. The third-order valence-electron chi connectivity index (χ3n) is 2.69. The van der Waals surface area contributed by atoms with Gasteiger partial charge in [-0.05, 0) is 36.4 Å². The van der Waals surface area contributed by atoms with Crippen LogP contribution in [0, 0.1) is 0 Å². The molecule has 0 spiro atoms. The van der Waals surface area contributed by atoms with Crippen molar-refractivity contribution in [3.05, 3.63) is 42.5 Å². The lowest BCUT2D eigenvalue weighted by Crippen LogP contribution is -1.74. The summed E-state index contributed by atoms with van der Waals surface area (Å²) in [5.41, 5.74) is 1.20. The zero-order valence-electron chi connectivity index (χ0n) is 9.29. The van der Waals surface area contributed by atoms with Crippen LogP contribution in [0.4, 0.5) is 0 Å². The molecule has 0 bridgehead atoms. The predicted molar refractivity (Wildman–Crippen MR) is 66.6 cm³/mol. The summed E-state index contributed by atoms with van der Waals surface area (Å²) >= 11 is 0. The Balaban J connectivity index is 2.19. The lowest BCUT2D eigenvalue weighted by molar-refractivity contribution is 0.450. The first-order chi connectivity index (χ1) is 8.61. The summed E-state index contributed by atoms with van der Waals surface area (Å²) in [6.45, 7) is 0. The van der Waals surface area contributed by atoms with E-state index in [1.807, 2.05) is 0 Å². The van der Waals surface area contributed by atoms with E-state index in [0.717, 1.165) is 5.39 Å². The average Bonchev–Trinajstić information content (AvgIpc) is 2.70. The van der Waals surface area contributed by atoms with Gasteiger partial charge in [-0.2, -0.15) is 0 Å². The highest BCUT2D eigenvalue weighted by molar-refractivity contribution is 5.84. The van der Waals surface area contributed by atoms with Gasteiger partial charge in [0.05, 0.1) is 0 Å². The van der Waals surface area contributed by atoms with E-state index in [-0.39, 0.29) is 17.2 Å². The van der Waals surface area contributed by atoms with E-state index in [1.165, 1.54) is 24.3 Å². The third-order valence-corrected chi connectivity index (χ3v) is 2.69. The van der Waals surface area contributed by atoms with Crippen LogP contribution in [0.5, 0.6) is 17.2 Å². The Kier molecular flexibility index (Phi) is 2.16. The number of aromatic hydroxyl groups is 3. The van der Waals surface area contributed by atoms with Crippen LogP contribution in [-0.4, -0.2) is 15.3 Å². The third kappa shape index (κ3) is 1.73. The molecule has 90 valence electrons. The van der Waals surface area contributed by atoms with Gasteiger partial charge in [-0.25, -0.2) is 0 Å². The van der Waals surface area contributed by atoms with Gasteiger partial charge in [0, 0.05) is 17.0 Å².